The zero-order chi connectivity index (χ0) is 17.9. The molecule has 0 atom stereocenters. The van der Waals surface area contributed by atoms with Gasteiger partial charge in [0.25, 0.3) is 0 Å². The molecular formula is C19H20N6O. The summed E-state index contributed by atoms with van der Waals surface area (Å²) in [6.45, 7) is 0.467. The third-order valence-corrected chi connectivity index (χ3v) is 4.39. The van der Waals surface area contributed by atoms with Crippen LogP contribution in [0, 0.1) is 0 Å². The first-order valence-electron chi connectivity index (χ1n) is 8.69. The molecule has 0 saturated heterocycles. The Hall–Kier alpha value is -3.22. The van der Waals surface area contributed by atoms with Crippen LogP contribution in [0.15, 0.2) is 42.9 Å². The maximum Gasteiger partial charge on any atom is 0.229 e. The van der Waals surface area contributed by atoms with Crippen LogP contribution in [0.5, 0.6) is 0 Å². The molecule has 132 valence electrons. The van der Waals surface area contributed by atoms with Gasteiger partial charge in [0.2, 0.25) is 11.9 Å². The molecule has 0 bridgehead atoms. The van der Waals surface area contributed by atoms with Crippen LogP contribution in [-0.4, -0.2) is 27.4 Å². The molecule has 26 heavy (non-hydrogen) atoms. The summed E-state index contributed by atoms with van der Waals surface area (Å²) in [6, 6.07) is 7.99. The van der Waals surface area contributed by atoms with E-state index in [1.54, 1.807) is 6.20 Å². The van der Waals surface area contributed by atoms with Gasteiger partial charge < -0.3 is 16.4 Å². The van der Waals surface area contributed by atoms with Crippen molar-refractivity contribution in [3.8, 4) is 0 Å². The standard InChI is InChI=1S/C19H20N6O/c20-17(26)6-8-22-18-16(12-1-2-12)11-23-19(25-18)24-15-4-3-14-10-21-7-5-13(14)9-15/h3-5,7,9-12H,1-2,6,8H2,(H2,20,26)(H2,22,23,24,25). The predicted octanol–water partition coefficient (Wildman–Crippen LogP) is 2.93. The van der Waals surface area contributed by atoms with E-state index in [9.17, 15) is 4.79 Å². The maximum absolute atomic E-state index is 11.0. The van der Waals surface area contributed by atoms with Crippen LogP contribution >= 0.6 is 0 Å². The number of rotatable bonds is 7. The van der Waals surface area contributed by atoms with Gasteiger partial charge in [-0.1, -0.05) is 6.07 Å². The minimum absolute atomic E-state index is 0.273. The van der Waals surface area contributed by atoms with E-state index in [0.717, 1.165) is 40.7 Å². The summed E-state index contributed by atoms with van der Waals surface area (Å²) in [5.41, 5.74) is 7.23. The summed E-state index contributed by atoms with van der Waals surface area (Å²) >= 11 is 0. The second kappa shape index (κ2) is 6.95. The van der Waals surface area contributed by atoms with Crippen molar-refractivity contribution < 1.29 is 4.79 Å². The van der Waals surface area contributed by atoms with Gasteiger partial charge in [0, 0.05) is 48.2 Å². The van der Waals surface area contributed by atoms with E-state index in [-0.39, 0.29) is 12.3 Å². The molecule has 1 aliphatic carbocycles. The Morgan fingerprint density at radius 2 is 2.08 bits per heavy atom. The summed E-state index contributed by atoms with van der Waals surface area (Å²) in [4.78, 5) is 24.2. The molecule has 1 saturated carbocycles. The molecule has 0 radical (unpaired) electrons. The number of pyridine rings is 1. The zero-order valence-corrected chi connectivity index (χ0v) is 14.3. The number of nitrogens with zero attached hydrogens (tertiary/aromatic N) is 3. The van der Waals surface area contributed by atoms with Crippen molar-refractivity contribution in [2.45, 2.75) is 25.2 Å². The molecule has 1 aliphatic rings. The van der Waals surface area contributed by atoms with Crippen molar-refractivity contribution >= 4 is 34.1 Å². The van der Waals surface area contributed by atoms with Crippen molar-refractivity contribution in [2.24, 2.45) is 5.73 Å². The van der Waals surface area contributed by atoms with E-state index in [0.29, 0.717) is 18.4 Å². The predicted molar refractivity (Wildman–Crippen MR) is 101 cm³/mol. The Morgan fingerprint density at radius 3 is 2.88 bits per heavy atom. The number of nitrogens with one attached hydrogen (secondary N) is 2. The normalized spacial score (nSPS) is 13.5. The van der Waals surface area contributed by atoms with E-state index in [1.165, 1.54) is 0 Å². The highest BCUT2D eigenvalue weighted by molar-refractivity contribution is 5.85. The molecular weight excluding hydrogens is 328 g/mol. The quantitative estimate of drug-likeness (QED) is 0.606. The minimum atomic E-state index is -0.330. The Morgan fingerprint density at radius 1 is 1.19 bits per heavy atom. The topological polar surface area (TPSA) is 106 Å². The summed E-state index contributed by atoms with van der Waals surface area (Å²) in [5, 5.41) is 8.65. The van der Waals surface area contributed by atoms with E-state index < -0.39 is 0 Å². The van der Waals surface area contributed by atoms with E-state index in [2.05, 4.69) is 25.6 Å². The van der Waals surface area contributed by atoms with Crippen LogP contribution in [0.3, 0.4) is 0 Å². The zero-order valence-electron chi connectivity index (χ0n) is 14.3. The number of hydrogen-bond donors (Lipinski definition) is 3. The monoisotopic (exact) mass is 348 g/mol. The van der Waals surface area contributed by atoms with Crippen molar-refractivity contribution in [3.63, 3.8) is 0 Å². The van der Waals surface area contributed by atoms with Gasteiger partial charge in [0.1, 0.15) is 5.82 Å². The smallest absolute Gasteiger partial charge is 0.229 e. The van der Waals surface area contributed by atoms with Gasteiger partial charge in [-0.05, 0) is 42.3 Å². The minimum Gasteiger partial charge on any atom is -0.370 e. The Balaban J connectivity index is 1.56. The SMILES string of the molecule is NC(=O)CCNc1nc(Nc2ccc3cnccc3c2)ncc1C1CC1. The van der Waals surface area contributed by atoms with Crippen LogP contribution in [0.2, 0.25) is 0 Å². The fourth-order valence-corrected chi connectivity index (χ4v) is 2.88. The van der Waals surface area contributed by atoms with E-state index >= 15 is 0 Å². The first kappa shape index (κ1) is 16.3. The van der Waals surface area contributed by atoms with Gasteiger partial charge in [-0.2, -0.15) is 4.98 Å². The molecule has 4 rings (SSSR count). The number of carbonyl (C=O) groups excluding carboxylic acids is 1. The van der Waals surface area contributed by atoms with Gasteiger partial charge in [-0.25, -0.2) is 4.98 Å². The lowest BCUT2D eigenvalue weighted by atomic mass is 10.1. The molecule has 0 aliphatic heterocycles. The molecule has 2 aromatic heterocycles. The molecule has 7 nitrogen and oxygen atoms in total. The number of fused-ring (bicyclic) bond motifs is 1. The molecule has 1 amide bonds. The van der Waals surface area contributed by atoms with Crippen molar-refractivity contribution in [3.05, 3.63) is 48.4 Å². The first-order chi connectivity index (χ1) is 12.7. The third kappa shape index (κ3) is 3.72. The lowest BCUT2D eigenvalue weighted by Crippen LogP contribution is -2.17. The molecule has 2 heterocycles. The number of benzene rings is 1. The molecule has 1 fully saturated rings. The average Bonchev–Trinajstić information content (AvgIpc) is 3.47. The number of amides is 1. The highest BCUT2D eigenvalue weighted by Gasteiger charge is 2.27. The van der Waals surface area contributed by atoms with Crippen LogP contribution in [0.1, 0.15) is 30.7 Å². The number of anilines is 3. The lowest BCUT2D eigenvalue weighted by molar-refractivity contribution is -0.117. The number of carbonyl (C=O) groups is 1. The second-order valence-corrected chi connectivity index (χ2v) is 6.48. The van der Waals surface area contributed by atoms with Gasteiger partial charge in [-0.15, -0.1) is 0 Å². The lowest BCUT2D eigenvalue weighted by Gasteiger charge is -2.12. The third-order valence-electron chi connectivity index (χ3n) is 4.39. The highest BCUT2D eigenvalue weighted by Crippen LogP contribution is 2.42. The molecule has 0 unspecified atom stereocenters. The number of primary amides is 1. The first-order valence-corrected chi connectivity index (χ1v) is 8.69. The maximum atomic E-state index is 11.0. The largest absolute Gasteiger partial charge is 0.370 e. The highest BCUT2D eigenvalue weighted by atomic mass is 16.1. The fourth-order valence-electron chi connectivity index (χ4n) is 2.88. The summed E-state index contributed by atoms with van der Waals surface area (Å²) in [6.07, 6.45) is 8.05. The van der Waals surface area contributed by atoms with E-state index in [4.69, 9.17) is 5.73 Å². The fraction of sp³-hybridized carbons (Fsp3) is 0.263. The molecule has 4 N–H and O–H groups in total. The van der Waals surface area contributed by atoms with Crippen molar-refractivity contribution in [1.29, 1.82) is 0 Å². The van der Waals surface area contributed by atoms with Crippen LogP contribution in [-0.2, 0) is 4.79 Å². The molecule has 3 aromatic rings. The number of hydrogen-bond acceptors (Lipinski definition) is 6. The Kier molecular flexibility index (Phi) is 4.35. The van der Waals surface area contributed by atoms with Crippen LogP contribution < -0.4 is 16.4 Å². The summed E-state index contributed by atoms with van der Waals surface area (Å²) in [7, 11) is 0. The molecule has 1 aromatic carbocycles. The second-order valence-electron chi connectivity index (χ2n) is 6.48. The van der Waals surface area contributed by atoms with Crippen molar-refractivity contribution in [1.82, 2.24) is 15.0 Å². The van der Waals surface area contributed by atoms with E-state index in [1.807, 2.05) is 36.7 Å². The van der Waals surface area contributed by atoms with Crippen LogP contribution in [0.25, 0.3) is 10.8 Å². The summed E-state index contributed by atoms with van der Waals surface area (Å²) in [5.74, 6) is 1.47. The Labute approximate surface area is 151 Å². The van der Waals surface area contributed by atoms with Crippen LogP contribution in [0.4, 0.5) is 17.5 Å². The summed E-state index contributed by atoms with van der Waals surface area (Å²) < 4.78 is 0. The van der Waals surface area contributed by atoms with Gasteiger partial charge in [-0.3, -0.25) is 9.78 Å². The molecule has 0 spiro atoms. The number of aromatic nitrogens is 3. The van der Waals surface area contributed by atoms with Crippen molar-refractivity contribution in [2.75, 3.05) is 17.2 Å². The van der Waals surface area contributed by atoms with Gasteiger partial charge >= 0.3 is 0 Å². The molecule has 7 heteroatoms. The van der Waals surface area contributed by atoms with Gasteiger partial charge in [0.15, 0.2) is 0 Å². The average molecular weight is 348 g/mol. The van der Waals surface area contributed by atoms with Gasteiger partial charge in [0.05, 0.1) is 0 Å². The number of nitrogens with two attached hydrogens (primary N) is 1. The Bertz CT molecular complexity index is 954.